The molecule has 1 saturated heterocycles. The van der Waals surface area contributed by atoms with Gasteiger partial charge in [-0.1, -0.05) is 12.1 Å². The lowest BCUT2D eigenvalue weighted by Gasteiger charge is -2.27. The van der Waals surface area contributed by atoms with Crippen LogP contribution in [0.25, 0.3) is 11.1 Å². The molecule has 0 saturated carbocycles. The third-order valence-corrected chi connectivity index (χ3v) is 11.1. The molecule has 5 amide bonds. The van der Waals surface area contributed by atoms with Crippen LogP contribution < -0.4 is 24.8 Å². The van der Waals surface area contributed by atoms with Crippen LogP contribution in [0.15, 0.2) is 67.1 Å². The van der Waals surface area contributed by atoms with Crippen molar-refractivity contribution in [2.24, 2.45) is 5.92 Å². The molecule has 0 spiro atoms. The minimum Gasteiger partial charge on any atom is -0.491 e. The second-order valence-corrected chi connectivity index (χ2v) is 15.3. The number of nitrogens with zero attached hydrogens (tertiary/aromatic N) is 5. The van der Waals surface area contributed by atoms with E-state index < -0.39 is 65.8 Å². The number of rotatable bonds is 14. The van der Waals surface area contributed by atoms with Crippen LogP contribution in [0.4, 0.5) is 17.6 Å². The van der Waals surface area contributed by atoms with E-state index in [0.717, 1.165) is 11.0 Å². The molecule has 2 N–H and O–H groups in total. The molecule has 3 aliphatic rings. The van der Waals surface area contributed by atoms with Crippen LogP contribution in [0.1, 0.15) is 73.5 Å². The maximum Gasteiger partial charge on any atom is 0.435 e. The number of imide groups is 2. The minimum atomic E-state index is -4.79. The maximum absolute atomic E-state index is 14.9. The van der Waals surface area contributed by atoms with E-state index in [1.165, 1.54) is 41.2 Å². The number of ether oxygens (including phenoxy) is 3. The number of carbonyl (C=O) groups excluding carboxylic acids is 6. The number of carbonyl (C=O) groups is 6. The molecule has 1 fully saturated rings. The predicted molar refractivity (Wildman–Crippen MR) is 215 cm³/mol. The van der Waals surface area contributed by atoms with E-state index in [1.54, 1.807) is 42.9 Å². The number of ketones is 1. The van der Waals surface area contributed by atoms with E-state index in [9.17, 15) is 46.3 Å². The lowest BCUT2D eigenvalue weighted by molar-refractivity contribution is -0.141. The molecule has 0 aliphatic carbocycles. The summed E-state index contributed by atoms with van der Waals surface area (Å²) in [6, 6.07) is 10.3. The highest BCUT2D eigenvalue weighted by Gasteiger charge is 2.46. The number of imidazole rings is 1. The Morgan fingerprint density at radius 1 is 0.969 bits per heavy atom. The average Bonchev–Trinajstić information content (AvgIpc) is 3.96. The molecular weight excluding hydrogens is 847 g/mol. The Morgan fingerprint density at radius 3 is 2.50 bits per heavy atom. The van der Waals surface area contributed by atoms with Crippen molar-refractivity contribution in [3.05, 3.63) is 112 Å². The SMILES string of the molecule is CCn1cc(-c2cc(Cn3ccnc3C)cc3c2OC[C@H](Cc2ccc(F)c(OCC(=O)NCCOc4cccc5c4C(=O)N(C4CCC(=O)NC4=O)C5=O)c2)C3=O)c(C(F)(F)F)n1. The van der Waals surface area contributed by atoms with Gasteiger partial charge in [-0.3, -0.25) is 43.7 Å². The Labute approximate surface area is 361 Å². The predicted octanol–water partition coefficient (Wildman–Crippen LogP) is 4.69. The van der Waals surface area contributed by atoms with E-state index in [0.29, 0.717) is 17.0 Å². The first-order valence-corrected chi connectivity index (χ1v) is 20.2. The van der Waals surface area contributed by atoms with Gasteiger partial charge in [0, 0.05) is 49.2 Å². The van der Waals surface area contributed by atoms with Crippen molar-refractivity contribution in [3.8, 4) is 28.4 Å². The van der Waals surface area contributed by atoms with Crippen LogP contribution in [0, 0.1) is 18.7 Å². The Kier molecular flexibility index (Phi) is 11.8. The number of hydrogen-bond donors (Lipinski definition) is 2. The highest BCUT2D eigenvalue weighted by Crippen LogP contribution is 2.44. The minimum absolute atomic E-state index is 0.000684. The fourth-order valence-corrected chi connectivity index (χ4v) is 7.93. The smallest absolute Gasteiger partial charge is 0.435 e. The zero-order valence-corrected chi connectivity index (χ0v) is 34.3. The van der Waals surface area contributed by atoms with Gasteiger partial charge in [0.25, 0.3) is 17.7 Å². The van der Waals surface area contributed by atoms with Crippen molar-refractivity contribution in [1.82, 2.24) is 34.9 Å². The number of alkyl halides is 3. The number of fused-ring (bicyclic) bond motifs is 2. The second kappa shape index (κ2) is 17.4. The number of Topliss-reactive ketones (excluding diaryl/α,β-unsaturated/α-hetero) is 1. The number of hydrogen-bond acceptors (Lipinski definition) is 11. The first kappa shape index (κ1) is 43.3. The van der Waals surface area contributed by atoms with Gasteiger partial charge in [0.2, 0.25) is 11.8 Å². The molecule has 3 aliphatic heterocycles. The molecule has 1 unspecified atom stereocenters. The van der Waals surface area contributed by atoms with Gasteiger partial charge in [0.15, 0.2) is 29.7 Å². The van der Waals surface area contributed by atoms with Crippen molar-refractivity contribution in [2.45, 2.75) is 58.4 Å². The molecule has 5 heterocycles. The zero-order chi connectivity index (χ0) is 45.4. The summed E-state index contributed by atoms with van der Waals surface area (Å²) in [7, 11) is 0. The monoisotopic (exact) mass is 885 g/mol. The molecule has 332 valence electrons. The molecule has 5 aromatic rings. The molecular formula is C44H39F4N7O9. The summed E-state index contributed by atoms with van der Waals surface area (Å²) >= 11 is 0. The summed E-state index contributed by atoms with van der Waals surface area (Å²) < 4.78 is 78.1. The fraction of sp³-hybridized carbons (Fsp3) is 0.318. The lowest BCUT2D eigenvalue weighted by Crippen LogP contribution is -2.54. The number of benzene rings is 3. The molecule has 16 nitrogen and oxygen atoms in total. The topological polar surface area (TPSA) is 193 Å². The number of aromatic nitrogens is 4. The molecule has 64 heavy (non-hydrogen) atoms. The van der Waals surface area contributed by atoms with E-state index in [4.69, 9.17) is 14.2 Å². The molecule has 2 aromatic heterocycles. The van der Waals surface area contributed by atoms with Gasteiger partial charge in [-0.25, -0.2) is 9.37 Å². The average molecular weight is 886 g/mol. The summed E-state index contributed by atoms with van der Waals surface area (Å²) in [5.74, 6) is -4.90. The molecule has 0 bridgehead atoms. The van der Waals surface area contributed by atoms with Crippen LogP contribution in [0.3, 0.4) is 0 Å². The van der Waals surface area contributed by atoms with Crippen LogP contribution in [0.5, 0.6) is 17.2 Å². The summed E-state index contributed by atoms with van der Waals surface area (Å²) in [6.45, 7) is 2.79. The third-order valence-electron chi connectivity index (χ3n) is 11.1. The summed E-state index contributed by atoms with van der Waals surface area (Å²) in [5.41, 5.74) is -0.221. The van der Waals surface area contributed by atoms with Gasteiger partial charge in [0.1, 0.15) is 30.0 Å². The van der Waals surface area contributed by atoms with Gasteiger partial charge in [-0.2, -0.15) is 18.3 Å². The van der Waals surface area contributed by atoms with Crippen LogP contribution in [0.2, 0.25) is 0 Å². The molecule has 20 heteroatoms. The van der Waals surface area contributed by atoms with E-state index >= 15 is 0 Å². The molecule has 8 rings (SSSR count). The van der Waals surface area contributed by atoms with E-state index in [-0.39, 0.29) is 103 Å². The fourth-order valence-electron chi connectivity index (χ4n) is 7.93. The highest BCUT2D eigenvalue weighted by atomic mass is 19.4. The van der Waals surface area contributed by atoms with Crippen LogP contribution in [-0.4, -0.2) is 92.0 Å². The Balaban J connectivity index is 0.906. The van der Waals surface area contributed by atoms with Gasteiger partial charge in [-0.15, -0.1) is 0 Å². The summed E-state index contributed by atoms with van der Waals surface area (Å²) in [4.78, 5) is 82.3. The number of halogens is 4. The van der Waals surface area contributed by atoms with Gasteiger partial charge in [0.05, 0.1) is 35.8 Å². The number of nitrogens with one attached hydrogen (secondary N) is 2. The van der Waals surface area contributed by atoms with Crippen molar-refractivity contribution in [2.75, 3.05) is 26.4 Å². The Hall–Kier alpha value is -7.38. The number of aryl methyl sites for hydroxylation is 2. The molecule has 3 aromatic carbocycles. The van der Waals surface area contributed by atoms with E-state index in [2.05, 4.69) is 20.7 Å². The van der Waals surface area contributed by atoms with E-state index in [1.807, 2.05) is 0 Å². The second-order valence-electron chi connectivity index (χ2n) is 15.3. The number of piperidine rings is 1. The summed E-state index contributed by atoms with van der Waals surface area (Å²) in [5, 5.41) is 8.46. The first-order chi connectivity index (χ1) is 30.6. The quantitative estimate of drug-likeness (QED) is 0.0894. The normalized spacial score (nSPS) is 17.2. The maximum atomic E-state index is 14.9. The third kappa shape index (κ3) is 8.54. The van der Waals surface area contributed by atoms with Crippen molar-refractivity contribution in [1.29, 1.82) is 0 Å². The Morgan fingerprint density at radius 2 is 1.77 bits per heavy atom. The van der Waals surface area contributed by atoms with Crippen LogP contribution >= 0.6 is 0 Å². The number of amides is 5. The Bertz CT molecular complexity index is 2730. The van der Waals surface area contributed by atoms with Gasteiger partial charge < -0.3 is 24.1 Å². The largest absolute Gasteiger partial charge is 0.491 e. The molecule has 0 radical (unpaired) electrons. The lowest BCUT2D eigenvalue weighted by atomic mass is 9.86. The highest BCUT2D eigenvalue weighted by molar-refractivity contribution is 6.24. The van der Waals surface area contributed by atoms with Crippen LogP contribution in [-0.2, 0) is 40.1 Å². The van der Waals surface area contributed by atoms with Gasteiger partial charge in [-0.05, 0) is 74.2 Å². The standard InChI is InChI=1S/C44H39F4N7O9/c1-3-54-20-30(40(52-54)44(46,47)48)28-16-25(19-53-13-11-49-23(53)2)17-29-38(58)26(21-64-39(28)29)15-24-7-8-31(45)34(18-24)63-22-36(57)50-12-14-62-33-6-4-5-27-37(33)43(61)55(42(27)60)32-9-10-35(56)51-41(32)59/h4-8,11,13,16-18,20,26,32H,3,9-10,12,14-15,19,21-22H2,1-2H3,(H,50,57)(H,51,56,59)/t26-,32?/m0/s1. The van der Waals surface area contributed by atoms with Gasteiger partial charge >= 0.3 is 6.18 Å². The summed E-state index contributed by atoms with van der Waals surface area (Å²) in [6.07, 6.45) is -0.210. The van der Waals surface area contributed by atoms with Crippen molar-refractivity contribution < 1.29 is 60.5 Å². The zero-order valence-electron chi connectivity index (χ0n) is 34.3. The van der Waals surface area contributed by atoms with Crippen molar-refractivity contribution >= 4 is 35.3 Å². The molecule has 2 atom stereocenters. The first-order valence-electron chi connectivity index (χ1n) is 20.2. The van der Waals surface area contributed by atoms with Crippen molar-refractivity contribution in [3.63, 3.8) is 0 Å².